The highest BCUT2D eigenvalue weighted by atomic mass is 14.9. The first-order chi connectivity index (χ1) is 9.31. The molecule has 1 aliphatic carbocycles. The molecule has 0 amide bonds. The van der Waals surface area contributed by atoms with Crippen molar-refractivity contribution in [3.05, 3.63) is 35.4 Å². The second kappa shape index (κ2) is 7.69. The van der Waals surface area contributed by atoms with Gasteiger partial charge in [-0.1, -0.05) is 57.4 Å². The van der Waals surface area contributed by atoms with E-state index in [1.54, 1.807) is 0 Å². The summed E-state index contributed by atoms with van der Waals surface area (Å²) in [6, 6.07) is 9.81. The second-order valence-corrected chi connectivity index (χ2v) is 6.03. The Morgan fingerprint density at radius 1 is 0.947 bits per heavy atom. The molecule has 0 radical (unpaired) electrons. The summed E-state index contributed by atoms with van der Waals surface area (Å²) in [6.45, 7) is 5.59. The molecule has 1 fully saturated rings. The summed E-state index contributed by atoms with van der Waals surface area (Å²) < 4.78 is 0. The van der Waals surface area contributed by atoms with E-state index in [4.69, 9.17) is 0 Å². The van der Waals surface area contributed by atoms with Crippen LogP contribution in [0.4, 0.5) is 0 Å². The monoisotopic (exact) mass is 259 g/mol. The van der Waals surface area contributed by atoms with E-state index in [0.717, 1.165) is 24.9 Å². The molecule has 0 bridgehead atoms. The van der Waals surface area contributed by atoms with Crippen LogP contribution in [0.1, 0.15) is 63.5 Å². The molecule has 19 heavy (non-hydrogen) atoms. The van der Waals surface area contributed by atoms with Gasteiger partial charge in [0, 0.05) is 12.6 Å². The Morgan fingerprint density at radius 2 is 1.68 bits per heavy atom. The Balaban J connectivity index is 1.77. The summed E-state index contributed by atoms with van der Waals surface area (Å²) >= 11 is 0. The van der Waals surface area contributed by atoms with Gasteiger partial charge in [-0.25, -0.2) is 0 Å². The lowest BCUT2D eigenvalue weighted by Crippen LogP contribution is -2.27. The maximum Gasteiger partial charge on any atom is 0.0208 e. The Bertz CT molecular complexity index is 354. The average Bonchev–Trinajstić information content (AvgIpc) is 2.70. The van der Waals surface area contributed by atoms with Gasteiger partial charge in [-0.3, -0.25) is 0 Å². The van der Waals surface area contributed by atoms with Crippen LogP contribution in [0.2, 0.25) is 0 Å². The van der Waals surface area contributed by atoms with Crippen molar-refractivity contribution in [1.82, 2.24) is 5.32 Å². The van der Waals surface area contributed by atoms with E-state index in [2.05, 4.69) is 43.4 Å². The summed E-state index contributed by atoms with van der Waals surface area (Å²) in [5, 5.41) is 3.76. The van der Waals surface area contributed by atoms with Crippen molar-refractivity contribution in [3.8, 4) is 0 Å². The molecular weight excluding hydrogens is 230 g/mol. The lowest BCUT2D eigenvalue weighted by molar-refractivity contribution is 0.425. The van der Waals surface area contributed by atoms with E-state index in [-0.39, 0.29) is 0 Å². The summed E-state index contributed by atoms with van der Waals surface area (Å²) in [6.07, 6.45) is 9.50. The minimum absolute atomic E-state index is 0.738. The predicted molar refractivity (Wildman–Crippen MR) is 83.3 cm³/mol. The first-order valence-corrected chi connectivity index (χ1v) is 8.13. The Labute approximate surface area is 118 Å². The second-order valence-electron chi connectivity index (χ2n) is 6.03. The third-order valence-corrected chi connectivity index (χ3v) is 4.69. The molecule has 0 heterocycles. The molecule has 1 saturated carbocycles. The van der Waals surface area contributed by atoms with Crippen LogP contribution in [0.5, 0.6) is 0 Å². The van der Waals surface area contributed by atoms with Crippen LogP contribution in [-0.2, 0) is 13.0 Å². The molecule has 1 heteroatoms. The largest absolute Gasteiger partial charge is 0.310 e. The molecule has 1 nitrogen and oxygen atoms in total. The quantitative estimate of drug-likeness (QED) is 0.756. The van der Waals surface area contributed by atoms with Crippen molar-refractivity contribution in [2.24, 2.45) is 5.92 Å². The topological polar surface area (TPSA) is 12.0 Å². The van der Waals surface area contributed by atoms with Gasteiger partial charge < -0.3 is 5.32 Å². The molecule has 106 valence electrons. The number of hydrogen-bond acceptors (Lipinski definition) is 1. The third-order valence-electron chi connectivity index (χ3n) is 4.69. The maximum atomic E-state index is 3.76. The predicted octanol–water partition coefficient (Wildman–Crippen LogP) is 4.70. The minimum atomic E-state index is 0.738. The minimum Gasteiger partial charge on any atom is -0.310 e. The van der Waals surface area contributed by atoms with E-state index in [1.165, 1.54) is 49.7 Å². The van der Waals surface area contributed by atoms with Crippen LogP contribution >= 0.6 is 0 Å². The van der Waals surface area contributed by atoms with Crippen LogP contribution < -0.4 is 5.32 Å². The van der Waals surface area contributed by atoms with Crippen LogP contribution in [0.25, 0.3) is 0 Å². The van der Waals surface area contributed by atoms with E-state index in [1.807, 2.05) is 0 Å². The average molecular weight is 259 g/mol. The molecule has 2 rings (SSSR count). The molecule has 1 aliphatic rings. The van der Waals surface area contributed by atoms with E-state index < -0.39 is 0 Å². The van der Waals surface area contributed by atoms with Crippen LogP contribution in [-0.4, -0.2) is 6.04 Å². The molecule has 1 N–H and O–H groups in total. The van der Waals surface area contributed by atoms with Crippen LogP contribution in [0.3, 0.4) is 0 Å². The van der Waals surface area contributed by atoms with Crippen molar-refractivity contribution >= 4 is 0 Å². The zero-order chi connectivity index (χ0) is 13.5. The van der Waals surface area contributed by atoms with Gasteiger partial charge in [0.05, 0.1) is 0 Å². The number of rotatable bonds is 5. The van der Waals surface area contributed by atoms with E-state index in [9.17, 15) is 0 Å². The fourth-order valence-electron chi connectivity index (χ4n) is 3.15. The van der Waals surface area contributed by atoms with Gasteiger partial charge >= 0.3 is 0 Å². The Hall–Kier alpha value is -0.820. The Kier molecular flexibility index (Phi) is 5.91. The smallest absolute Gasteiger partial charge is 0.0208 e. The Morgan fingerprint density at radius 3 is 2.37 bits per heavy atom. The van der Waals surface area contributed by atoms with Crippen molar-refractivity contribution in [2.45, 2.75) is 71.4 Å². The van der Waals surface area contributed by atoms with Crippen molar-refractivity contribution in [2.75, 3.05) is 0 Å². The maximum absolute atomic E-state index is 3.76. The summed E-state index contributed by atoms with van der Waals surface area (Å²) in [5.74, 6) is 0.982. The number of aryl methyl sites for hydroxylation is 1. The zero-order valence-electron chi connectivity index (χ0n) is 12.6. The highest BCUT2D eigenvalue weighted by Gasteiger charge is 2.17. The van der Waals surface area contributed by atoms with Gasteiger partial charge in [-0.15, -0.1) is 0 Å². The third kappa shape index (κ3) is 4.65. The first kappa shape index (κ1) is 14.6. The number of benzene rings is 1. The highest BCUT2D eigenvalue weighted by molar-refractivity contribution is 5.22. The lowest BCUT2D eigenvalue weighted by atomic mass is 9.98. The molecular formula is C18H29N. The standard InChI is InChI=1S/C18H29N/c1-3-15-6-5-7-18(13-12-15)19-14-17-10-8-16(4-2)9-11-17/h8-11,15,18-19H,3-7,12-14H2,1-2H3. The van der Waals surface area contributed by atoms with Crippen LogP contribution in [0, 0.1) is 5.92 Å². The van der Waals surface area contributed by atoms with Crippen molar-refractivity contribution < 1.29 is 0 Å². The first-order valence-electron chi connectivity index (χ1n) is 8.13. The number of hydrogen-bond donors (Lipinski definition) is 1. The van der Waals surface area contributed by atoms with Gasteiger partial charge in [-0.05, 0) is 42.7 Å². The molecule has 0 spiro atoms. The molecule has 1 aromatic carbocycles. The fourth-order valence-corrected chi connectivity index (χ4v) is 3.15. The van der Waals surface area contributed by atoms with Gasteiger partial charge in [0.1, 0.15) is 0 Å². The van der Waals surface area contributed by atoms with Crippen molar-refractivity contribution in [3.63, 3.8) is 0 Å². The SMILES string of the molecule is CCc1ccc(CNC2CCCC(CC)CC2)cc1. The van der Waals surface area contributed by atoms with Crippen molar-refractivity contribution in [1.29, 1.82) is 0 Å². The fraction of sp³-hybridized carbons (Fsp3) is 0.667. The summed E-state index contributed by atoms with van der Waals surface area (Å²) in [4.78, 5) is 0. The molecule has 2 atom stereocenters. The molecule has 0 aromatic heterocycles. The van der Waals surface area contributed by atoms with E-state index >= 15 is 0 Å². The summed E-state index contributed by atoms with van der Waals surface area (Å²) in [5.41, 5.74) is 2.86. The highest BCUT2D eigenvalue weighted by Crippen LogP contribution is 2.25. The summed E-state index contributed by atoms with van der Waals surface area (Å²) in [7, 11) is 0. The molecule has 0 saturated heterocycles. The lowest BCUT2D eigenvalue weighted by Gasteiger charge is -2.16. The zero-order valence-corrected chi connectivity index (χ0v) is 12.6. The number of nitrogens with one attached hydrogen (secondary N) is 1. The van der Waals surface area contributed by atoms with Gasteiger partial charge in [-0.2, -0.15) is 0 Å². The van der Waals surface area contributed by atoms with Gasteiger partial charge in [0.15, 0.2) is 0 Å². The van der Waals surface area contributed by atoms with E-state index in [0.29, 0.717) is 0 Å². The molecule has 0 aliphatic heterocycles. The normalized spacial score (nSPS) is 24.1. The van der Waals surface area contributed by atoms with Gasteiger partial charge in [0.2, 0.25) is 0 Å². The van der Waals surface area contributed by atoms with Gasteiger partial charge in [0.25, 0.3) is 0 Å². The molecule has 1 aromatic rings. The van der Waals surface area contributed by atoms with Crippen LogP contribution in [0.15, 0.2) is 24.3 Å². The molecule has 2 unspecified atom stereocenters.